The molecule has 2 aromatic heterocycles. The van der Waals surface area contributed by atoms with Gasteiger partial charge in [-0.2, -0.15) is 0 Å². The van der Waals surface area contributed by atoms with Gasteiger partial charge in [-0.3, -0.25) is 9.97 Å². The number of carbonyl (C=O) groups is 2. The van der Waals surface area contributed by atoms with Crippen molar-refractivity contribution in [1.82, 2.24) is 9.97 Å². The van der Waals surface area contributed by atoms with Gasteiger partial charge in [0.1, 0.15) is 13.2 Å². The van der Waals surface area contributed by atoms with E-state index in [1.165, 1.54) is 34.6 Å². The molecule has 0 bridgehead atoms. The third-order valence-corrected chi connectivity index (χ3v) is 6.95. The van der Waals surface area contributed by atoms with E-state index in [1.54, 1.807) is 36.7 Å². The van der Waals surface area contributed by atoms with E-state index in [1.807, 2.05) is 0 Å². The van der Waals surface area contributed by atoms with Crippen molar-refractivity contribution in [3.8, 4) is 0 Å². The van der Waals surface area contributed by atoms with Gasteiger partial charge in [-0.15, -0.1) is 0 Å². The molecule has 4 rings (SSSR count). The van der Waals surface area contributed by atoms with Gasteiger partial charge in [-0.1, -0.05) is 87.4 Å². The Hall–Kier alpha value is -2.03. The molecule has 0 saturated heterocycles. The molecule has 2 aromatic carbocycles. The number of aryl methyl sites for hydroxylation is 2. The maximum atomic E-state index is 11.6. The summed E-state index contributed by atoms with van der Waals surface area (Å²) in [6, 6.07) is 24.0. The first-order valence-corrected chi connectivity index (χ1v) is 26.2. The molecule has 4 aromatic rings. The second kappa shape index (κ2) is 36.3. The Morgan fingerprint density at radius 1 is 0.527 bits per heavy atom. The average Bonchev–Trinajstić information content (AvgIpc) is 3.18. The number of halogens is 4. The zero-order chi connectivity index (χ0) is 41.1. The quantitative estimate of drug-likeness (QED) is 0.0616. The number of pyridine rings is 2. The molecular formula is C40H52Cl4N2O7Ru2. The Morgan fingerprint density at radius 2 is 0.818 bits per heavy atom. The first kappa shape index (κ1) is 53.0. The molecule has 55 heavy (non-hydrogen) atoms. The van der Waals surface area contributed by atoms with Crippen LogP contribution in [0.3, 0.4) is 0 Å². The normalized spacial score (nSPS) is 10.1. The molecule has 0 aliphatic carbocycles. The summed E-state index contributed by atoms with van der Waals surface area (Å²) in [5, 5.41) is 0. The van der Waals surface area contributed by atoms with E-state index >= 15 is 0 Å². The molecule has 0 N–H and O–H groups in total. The van der Waals surface area contributed by atoms with E-state index in [-0.39, 0.29) is 56.7 Å². The van der Waals surface area contributed by atoms with Gasteiger partial charge in [0, 0.05) is 24.8 Å². The Kier molecular flexibility index (Phi) is 35.0. The Morgan fingerprint density at radius 3 is 1.07 bits per heavy atom. The fraction of sp³-hybridized carbons (Fsp3) is 0.400. The monoisotopic (exact) mass is 1020 g/mol. The van der Waals surface area contributed by atoms with Crippen LogP contribution in [-0.2, 0) is 54.0 Å². The van der Waals surface area contributed by atoms with Gasteiger partial charge in [0.2, 0.25) is 0 Å². The minimum atomic E-state index is -0.429. The van der Waals surface area contributed by atoms with E-state index in [4.69, 9.17) is 62.4 Å². The van der Waals surface area contributed by atoms with Gasteiger partial charge in [0.05, 0.1) is 50.8 Å². The molecule has 0 atom stereocenters. The van der Waals surface area contributed by atoms with Crippen molar-refractivity contribution in [1.29, 1.82) is 0 Å². The molecule has 0 aliphatic heterocycles. The van der Waals surface area contributed by atoms with Gasteiger partial charge in [-0.05, 0) is 61.1 Å². The summed E-state index contributed by atoms with van der Waals surface area (Å²) in [6.07, 6.45) is 6.07. The molecule has 0 radical (unpaired) electrons. The van der Waals surface area contributed by atoms with Crippen LogP contribution in [0.4, 0.5) is 0 Å². The third kappa shape index (κ3) is 29.8. The van der Waals surface area contributed by atoms with Crippen LogP contribution in [0.2, 0.25) is 0 Å². The molecule has 0 amide bonds. The summed E-state index contributed by atoms with van der Waals surface area (Å²) in [6.45, 7) is 15.5. The predicted octanol–water partition coefficient (Wildman–Crippen LogP) is 10.5. The van der Waals surface area contributed by atoms with Crippen LogP contribution in [0.1, 0.15) is 82.5 Å². The molecule has 0 spiro atoms. The number of hydrogen-bond donors (Lipinski definition) is 0. The van der Waals surface area contributed by atoms with E-state index in [2.05, 4.69) is 100 Å². The molecule has 2 heterocycles. The maximum absolute atomic E-state index is 11.6. The summed E-state index contributed by atoms with van der Waals surface area (Å²) in [5.41, 5.74) is 6.33. The van der Waals surface area contributed by atoms with Crippen molar-refractivity contribution in [2.24, 2.45) is 0 Å². The summed E-state index contributed by atoms with van der Waals surface area (Å²) in [4.78, 5) is 31.0. The van der Waals surface area contributed by atoms with Crippen molar-refractivity contribution >= 4 is 50.7 Å². The zero-order valence-corrected chi connectivity index (χ0v) is 38.5. The predicted molar refractivity (Wildman–Crippen MR) is 215 cm³/mol. The SMILES string of the molecule is Cc1ccc(C(C)C)cc1.Cc1ccc(C(C)C)cc1.O=C(OCCOCCOCCOCCOC(=O)c1cccnc1)c1cccnc1.[Cl][Ru][Cl].[Cl][Ru][Cl]. The Labute approximate surface area is 358 Å². The van der Waals surface area contributed by atoms with Crippen molar-refractivity contribution in [3.63, 3.8) is 0 Å². The number of ether oxygens (including phenoxy) is 5. The first-order valence-electron chi connectivity index (χ1n) is 17.2. The molecule has 15 heteroatoms. The van der Waals surface area contributed by atoms with Gasteiger partial charge in [0.15, 0.2) is 0 Å². The molecular weight excluding hydrogens is 964 g/mol. The van der Waals surface area contributed by atoms with E-state index in [0.717, 1.165) is 0 Å². The Bertz CT molecular complexity index is 1380. The fourth-order valence-corrected chi connectivity index (χ4v) is 3.96. The van der Waals surface area contributed by atoms with Gasteiger partial charge in [-0.25, -0.2) is 9.59 Å². The number of benzene rings is 2. The molecule has 9 nitrogen and oxygen atoms in total. The number of hydrogen-bond acceptors (Lipinski definition) is 9. The minimum absolute atomic E-state index is 0.161. The second-order valence-electron chi connectivity index (χ2n) is 11.8. The number of rotatable bonds is 16. The standard InChI is InChI=1S/C20H24N2O7.2C10H14.4ClH.2Ru/c23-19(17-3-1-5-21-15-17)28-13-11-26-9-7-25-8-10-27-12-14-29-20(24)18-4-2-6-22-16-18;2*1-8(2)10-6-4-9(3)5-7-10;;;;;;/h1-6,15-16H,7-14H2;2*4-8H,1-3H3;4*1H;;/q;;;;;;;2*+2/p-4. The Balaban J connectivity index is 0.000000905. The molecule has 0 saturated carbocycles. The number of carbonyl (C=O) groups excluding carboxylic acids is 2. The number of esters is 2. The first-order chi connectivity index (χ1) is 26.5. The topological polar surface area (TPSA) is 106 Å². The fourth-order valence-electron chi connectivity index (χ4n) is 3.96. The molecule has 308 valence electrons. The average molecular weight is 1020 g/mol. The van der Waals surface area contributed by atoms with Crippen LogP contribution >= 0.6 is 38.8 Å². The summed E-state index contributed by atoms with van der Waals surface area (Å²) in [5.74, 6) is 0.448. The summed E-state index contributed by atoms with van der Waals surface area (Å²) >= 11 is -0.691. The van der Waals surface area contributed by atoms with Crippen LogP contribution in [0, 0.1) is 13.8 Å². The second-order valence-corrected chi connectivity index (χ2v) is 17.1. The molecule has 0 fully saturated rings. The van der Waals surface area contributed by atoms with Crippen molar-refractivity contribution in [3.05, 3.63) is 131 Å². The summed E-state index contributed by atoms with van der Waals surface area (Å²) < 4.78 is 26.1. The van der Waals surface area contributed by atoms with Crippen molar-refractivity contribution in [2.45, 2.75) is 53.4 Å². The van der Waals surface area contributed by atoms with Gasteiger partial charge in [0.25, 0.3) is 0 Å². The van der Waals surface area contributed by atoms with Crippen molar-refractivity contribution < 1.29 is 63.6 Å². The van der Waals surface area contributed by atoms with Crippen molar-refractivity contribution in [2.75, 3.05) is 52.9 Å². The van der Waals surface area contributed by atoms with E-state index < -0.39 is 11.9 Å². The van der Waals surface area contributed by atoms with Crippen LogP contribution in [0.15, 0.2) is 97.6 Å². The molecule has 0 aliphatic rings. The van der Waals surface area contributed by atoms with Crippen LogP contribution < -0.4 is 0 Å². The van der Waals surface area contributed by atoms with E-state index in [9.17, 15) is 9.59 Å². The number of nitrogens with zero attached hydrogens (tertiary/aromatic N) is 2. The molecule has 0 unspecified atom stereocenters. The number of aromatic nitrogens is 2. The van der Waals surface area contributed by atoms with Crippen LogP contribution in [0.25, 0.3) is 0 Å². The van der Waals surface area contributed by atoms with E-state index in [0.29, 0.717) is 49.4 Å². The zero-order valence-electron chi connectivity index (χ0n) is 32.0. The van der Waals surface area contributed by atoms with Crippen LogP contribution in [-0.4, -0.2) is 74.8 Å². The van der Waals surface area contributed by atoms with Gasteiger partial charge < -0.3 is 23.7 Å². The third-order valence-electron chi connectivity index (χ3n) is 6.95. The van der Waals surface area contributed by atoms with Crippen LogP contribution in [0.5, 0.6) is 0 Å². The van der Waals surface area contributed by atoms with Gasteiger partial charge >= 0.3 is 81.0 Å². The summed E-state index contributed by atoms with van der Waals surface area (Å²) in [7, 11) is 19.4.